The number of aliphatic carboxylic acids is 1. The highest BCUT2D eigenvalue weighted by molar-refractivity contribution is 7.87. The van der Waals surface area contributed by atoms with Gasteiger partial charge in [0.25, 0.3) is 10.2 Å². The fourth-order valence-corrected chi connectivity index (χ4v) is 2.25. The summed E-state index contributed by atoms with van der Waals surface area (Å²) >= 11 is 0. The van der Waals surface area contributed by atoms with Gasteiger partial charge in [0.1, 0.15) is 0 Å². The Balaban J connectivity index is 2.81. The lowest BCUT2D eigenvalue weighted by molar-refractivity contribution is -0.131. The summed E-state index contributed by atoms with van der Waals surface area (Å²) in [6.45, 7) is 1.74. The van der Waals surface area contributed by atoms with Crippen LogP contribution in [0.5, 0.6) is 0 Å². The van der Waals surface area contributed by atoms with Crippen LogP contribution in [0, 0.1) is 0 Å². The van der Waals surface area contributed by atoms with E-state index in [4.69, 9.17) is 5.11 Å². The van der Waals surface area contributed by atoms with Crippen molar-refractivity contribution in [3.63, 3.8) is 0 Å². The van der Waals surface area contributed by atoms with Gasteiger partial charge in [-0.25, -0.2) is 4.79 Å². The van der Waals surface area contributed by atoms with Crippen LogP contribution < -0.4 is 4.72 Å². The van der Waals surface area contributed by atoms with Gasteiger partial charge in [-0.3, -0.25) is 0 Å². The minimum atomic E-state index is -3.49. The van der Waals surface area contributed by atoms with Gasteiger partial charge in [0, 0.05) is 26.2 Å². The third-order valence-corrected chi connectivity index (χ3v) is 4.27. The fraction of sp³-hybridized carbons (Fsp3) is 0.308. The molecule has 0 heterocycles. The molecular weight excluding hydrogens is 280 g/mol. The molecule has 0 aliphatic carbocycles. The van der Waals surface area contributed by atoms with E-state index in [0.29, 0.717) is 0 Å². The lowest BCUT2D eigenvalue weighted by Crippen LogP contribution is -2.37. The number of carboxylic acid groups (broad SMARTS) is 1. The first kappa shape index (κ1) is 16.4. The maximum atomic E-state index is 11.7. The molecule has 6 nitrogen and oxygen atoms in total. The lowest BCUT2D eigenvalue weighted by atomic mass is 10.1. The van der Waals surface area contributed by atoms with E-state index in [1.807, 2.05) is 0 Å². The van der Waals surface area contributed by atoms with Gasteiger partial charge in [-0.1, -0.05) is 24.3 Å². The number of rotatable bonds is 6. The summed E-state index contributed by atoms with van der Waals surface area (Å²) in [6.07, 6.45) is 2.52. The standard InChI is InChI=1S/C13H18N2O4S/c1-10(14-20(18,19)15(2)3)12-7-4-11(5-8-12)6-9-13(16)17/h4-10,14H,1-3H3,(H,16,17). The van der Waals surface area contributed by atoms with Gasteiger partial charge in [-0.2, -0.15) is 17.4 Å². The van der Waals surface area contributed by atoms with Crippen molar-refractivity contribution in [1.29, 1.82) is 0 Å². The molecule has 7 heteroatoms. The van der Waals surface area contributed by atoms with Crippen LogP contribution >= 0.6 is 0 Å². The Hall–Kier alpha value is -1.70. The van der Waals surface area contributed by atoms with Crippen molar-refractivity contribution in [2.75, 3.05) is 14.1 Å². The van der Waals surface area contributed by atoms with E-state index < -0.39 is 16.2 Å². The van der Waals surface area contributed by atoms with Crippen LogP contribution in [0.3, 0.4) is 0 Å². The third-order valence-electron chi connectivity index (χ3n) is 2.66. The molecule has 0 aliphatic heterocycles. The topological polar surface area (TPSA) is 86.7 Å². The van der Waals surface area contributed by atoms with Crippen molar-refractivity contribution in [3.8, 4) is 0 Å². The number of nitrogens with zero attached hydrogens (tertiary/aromatic N) is 1. The first-order valence-electron chi connectivity index (χ1n) is 5.93. The second kappa shape index (κ2) is 6.65. The van der Waals surface area contributed by atoms with E-state index in [1.54, 1.807) is 31.2 Å². The minimum Gasteiger partial charge on any atom is -0.478 e. The van der Waals surface area contributed by atoms with E-state index in [2.05, 4.69) is 4.72 Å². The molecule has 0 amide bonds. The molecule has 1 rings (SSSR count). The summed E-state index contributed by atoms with van der Waals surface area (Å²) in [5.74, 6) is -1.01. The molecule has 1 aromatic carbocycles. The number of hydrogen-bond donors (Lipinski definition) is 2. The zero-order valence-corrected chi connectivity index (χ0v) is 12.4. The molecule has 1 atom stereocenters. The molecule has 1 unspecified atom stereocenters. The van der Waals surface area contributed by atoms with Crippen molar-refractivity contribution >= 4 is 22.3 Å². The molecule has 0 aromatic heterocycles. The Labute approximate surface area is 118 Å². The van der Waals surface area contributed by atoms with Crippen LogP contribution in [0.15, 0.2) is 30.3 Å². The summed E-state index contributed by atoms with van der Waals surface area (Å²) in [5, 5.41) is 8.53. The SMILES string of the molecule is CC(NS(=O)(=O)N(C)C)c1ccc(C=CC(=O)O)cc1. The zero-order valence-electron chi connectivity index (χ0n) is 11.6. The number of benzene rings is 1. The smallest absolute Gasteiger partial charge is 0.328 e. The molecule has 0 saturated heterocycles. The van der Waals surface area contributed by atoms with Crippen LogP contribution in [0.2, 0.25) is 0 Å². The van der Waals surface area contributed by atoms with Crippen molar-refractivity contribution in [2.45, 2.75) is 13.0 Å². The largest absolute Gasteiger partial charge is 0.478 e. The van der Waals surface area contributed by atoms with Gasteiger partial charge in [-0.05, 0) is 24.1 Å². The molecular formula is C13H18N2O4S. The first-order chi connectivity index (χ1) is 9.22. The second-order valence-electron chi connectivity index (χ2n) is 4.47. The van der Waals surface area contributed by atoms with E-state index >= 15 is 0 Å². The van der Waals surface area contributed by atoms with Crippen LogP contribution in [-0.4, -0.2) is 37.9 Å². The van der Waals surface area contributed by atoms with Crippen molar-refractivity contribution < 1.29 is 18.3 Å². The molecule has 20 heavy (non-hydrogen) atoms. The van der Waals surface area contributed by atoms with Crippen molar-refractivity contribution in [1.82, 2.24) is 9.03 Å². The molecule has 0 spiro atoms. The van der Waals surface area contributed by atoms with E-state index in [0.717, 1.165) is 21.5 Å². The van der Waals surface area contributed by atoms with E-state index in [1.165, 1.54) is 20.2 Å². The average Bonchev–Trinajstić information content (AvgIpc) is 2.36. The predicted molar refractivity (Wildman–Crippen MR) is 77.3 cm³/mol. The highest BCUT2D eigenvalue weighted by Gasteiger charge is 2.17. The Bertz CT molecular complexity index is 591. The van der Waals surface area contributed by atoms with Crippen LogP contribution in [0.4, 0.5) is 0 Å². The molecule has 110 valence electrons. The number of carbonyl (C=O) groups is 1. The summed E-state index contributed by atoms with van der Waals surface area (Å²) in [4.78, 5) is 10.4. The number of hydrogen-bond acceptors (Lipinski definition) is 3. The van der Waals surface area contributed by atoms with Crippen molar-refractivity contribution in [2.24, 2.45) is 0 Å². The molecule has 0 aliphatic rings. The van der Waals surface area contributed by atoms with Crippen LogP contribution in [0.1, 0.15) is 24.1 Å². The average molecular weight is 298 g/mol. The zero-order chi connectivity index (χ0) is 15.3. The van der Waals surface area contributed by atoms with E-state index in [9.17, 15) is 13.2 Å². The maximum Gasteiger partial charge on any atom is 0.328 e. The Morgan fingerprint density at radius 2 is 1.85 bits per heavy atom. The Morgan fingerprint density at radius 1 is 1.30 bits per heavy atom. The highest BCUT2D eigenvalue weighted by atomic mass is 32.2. The van der Waals surface area contributed by atoms with E-state index in [-0.39, 0.29) is 6.04 Å². The van der Waals surface area contributed by atoms with Gasteiger partial charge in [-0.15, -0.1) is 0 Å². The quantitative estimate of drug-likeness (QED) is 0.774. The monoisotopic (exact) mass is 298 g/mol. The highest BCUT2D eigenvalue weighted by Crippen LogP contribution is 2.15. The predicted octanol–water partition coefficient (Wildman–Crippen LogP) is 1.24. The Kier molecular flexibility index (Phi) is 5.43. The summed E-state index contributed by atoms with van der Waals surface area (Å²) in [7, 11) is -0.579. The lowest BCUT2D eigenvalue weighted by Gasteiger charge is -2.18. The molecule has 0 radical (unpaired) electrons. The van der Waals surface area contributed by atoms with Crippen LogP contribution in [0.25, 0.3) is 6.08 Å². The van der Waals surface area contributed by atoms with Gasteiger partial charge >= 0.3 is 5.97 Å². The molecule has 0 fully saturated rings. The Morgan fingerprint density at radius 3 is 2.30 bits per heavy atom. The molecule has 0 bridgehead atoms. The normalized spacial score (nSPS) is 13.8. The fourth-order valence-electron chi connectivity index (χ4n) is 1.46. The van der Waals surface area contributed by atoms with Crippen LogP contribution in [-0.2, 0) is 15.0 Å². The minimum absolute atomic E-state index is 0.375. The molecule has 0 saturated carbocycles. The maximum absolute atomic E-state index is 11.7. The first-order valence-corrected chi connectivity index (χ1v) is 7.37. The third kappa shape index (κ3) is 4.76. The number of carboxylic acids is 1. The summed E-state index contributed by atoms with van der Waals surface area (Å²) in [6, 6.07) is 6.60. The van der Waals surface area contributed by atoms with Gasteiger partial charge in [0.15, 0.2) is 0 Å². The summed E-state index contributed by atoms with van der Waals surface area (Å²) in [5.41, 5.74) is 1.53. The summed E-state index contributed by atoms with van der Waals surface area (Å²) < 4.78 is 27.0. The van der Waals surface area contributed by atoms with Gasteiger partial charge < -0.3 is 5.11 Å². The molecule has 1 aromatic rings. The second-order valence-corrected chi connectivity index (χ2v) is 6.38. The number of nitrogens with one attached hydrogen (secondary N) is 1. The van der Waals surface area contributed by atoms with Gasteiger partial charge in [0.2, 0.25) is 0 Å². The molecule has 2 N–H and O–H groups in total. The van der Waals surface area contributed by atoms with Gasteiger partial charge in [0.05, 0.1) is 0 Å². The van der Waals surface area contributed by atoms with Crippen molar-refractivity contribution in [3.05, 3.63) is 41.5 Å².